The minimum Gasteiger partial charge on any atom is -0.465 e. The third kappa shape index (κ3) is 4.12. The van der Waals surface area contributed by atoms with Crippen LogP contribution in [0.5, 0.6) is 0 Å². The molecule has 0 aromatic heterocycles. The van der Waals surface area contributed by atoms with E-state index in [1.807, 2.05) is 51.1 Å². The van der Waals surface area contributed by atoms with Crippen LogP contribution in [0.15, 0.2) is 48.6 Å². The van der Waals surface area contributed by atoms with Gasteiger partial charge in [0.15, 0.2) is 0 Å². The second-order valence-corrected chi connectivity index (χ2v) is 13.1. The molecule has 2 saturated heterocycles. The van der Waals surface area contributed by atoms with Crippen molar-refractivity contribution in [1.82, 2.24) is 4.90 Å². The smallest absolute Gasteiger partial charge is 0.311 e. The summed E-state index contributed by atoms with van der Waals surface area (Å²) in [4.78, 5) is 45.5. The van der Waals surface area contributed by atoms with Gasteiger partial charge in [-0.1, -0.05) is 61.9 Å². The lowest BCUT2D eigenvalue weighted by molar-refractivity contribution is -0.154. The fourth-order valence-corrected chi connectivity index (χ4v) is 8.91. The Morgan fingerprint density at radius 2 is 1.89 bits per heavy atom. The lowest BCUT2D eigenvalue weighted by atomic mass is 9.74. The number of halogens is 1. The van der Waals surface area contributed by atoms with Gasteiger partial charge < -0.3 is 19.6 Å². The zero-order valence-corrected chi connectivity index (χ0v) is 22.9. The highest BCUT2D eigenvalue weighted by atomic mass is 35.5. The third-order valence-corrected chi connectivity index (χ3v) is 10.1. The number of esters is 1. The highest BCUT2D eigenvalue weighted by Crippen LogP contribution is 2.65. The molecule has 1 N–H and O–H groups in total. The average Bonchev–Trinajstić information content (AvgIpc) is 3.17. The van der Waals surface area contributed by atoms with Gasteiger partial charge in [0.05, 0.1) is 46.5 Å². The van der Waals surface area contributed by atoms with Gasteiger partial charge >= 0.3 is 5.97 Å². The van der Waals surface area contributed by atoms with Crippen molar-refractivity contribution in [2.45, 2.75) is 55.2 Å². The summed E-state index contributed by atoms with van der Waals surface area (Å²) in [6, 6.07) is 5.68. The van der Waals surface area contributed by atoms with Crippen LogP contribution in [0.25, 0.3) is 0 Å². The lowest BCUT2D eigenvalue weighted by Gasteiger charge is -2.40. The van der Waals surface area contributed by atoms with Gasteiger partial charge in [0.2, 0.25) is 5.91 Å². The Morgan fingerprint density at radius 1 is 1.14 bits per heavy atom. The largest absolute Gasteiger partial charge is 0.465 e. The van der Waals surface area contributed by atoms with Gasteiger partial charge in [0, 0.05) is 11.3 Å². The van der Waals surface area contributed by atoms with Crippen LogP contribution in [-0.2, 0) is 19.1 Å². The molecular formula is C28H33ClN2O5S. The highest BCUT2D eigenvalue weighted by Gasteiger charge is 2.74. The van der Waals surface area contributed by atoms with Gasteiger partial charge in [-0.25, -0.2) is 0 Å². The van der Waals surface area contributed by atoms with E-state index in [2.05, 4.69) is 0 Å². The zero-order valence-electron chi connectivity index (χ0n) is 21.3. The van der Waals surface area contributed by atoms with Gasteiger partial charge in [-0.05, 0) is 37.8 Å². The van der Waals surface area contributed by atoms with Crippen LogP contribution in [0.2, 0.25) is 5.02 Å². The first-order valence-electron chi connectivity index (χ1n) is 12.9. The molecule has 7 nitrogen and oxygen atoms in total. The Labute approximate surface area is 226 Å². The number of carbonyl (C=O) groups excluding carboxylic acids is 3. The Bertz CT molecular complexity index is 1170. The molecule has 198 valence electrons. The molecule has 4 heterocycles. The molecular weight excluding hydrogens is 512 g/mol. The number of cyclic esters (lactones) is 1. The Morgan fingerprint density at radius 3 is 2.59 bits per heavy atom. The maximum Gasteiger partial charge on any atom is 0.311 e. The number of aliphatic hydroxyl groups is 1. The fraction of sp³-hybridized carbons (Fsp3) is 0.536. The van der Waals surface area contributed by atoms with E-state index >= 15 is 0 Å². The number of thioether (sulfide) groups is 1. The number of rotatable bonds is 5. The molecule has 0 aliphatic carbocycles. The van der Waals surface area contributed by atoms with E-state index in [4.69, 9.17) is 16.3 Å². The average molecular weight is 545 g/mol. The van der Waals surface area contributed by atoms with Crippen molar-refractivity contribution >= 4 is 46.8 Å². The molecule has 4 aliphatic rings. The number of benzene rings is 1. The molecule has 0 saturated carbocycles. The van der Waals surface area contributed by atoms with Gasteiger partial charge in [-0.3, -0.25) is 14.4 Å². The number of para-hydroxylation sites is 1. The number of anilines is 1. The Hall–Kier alpha value is -2.29. The van der Waals surface area contributed by atoms with Crippen LogP contribution in [0.4, 0.5) is 5.69 Å². The Balaban J connectivity index is 1.69. The molecule has 0 radical (unpaired) electrons. The molecule has 9 heteroatoms. The van der Waals surface area contributed by atoms with Gasteiger partial charge in [-0.2, -0.15) is 0 Å². The van der Waals surface area contributed by atoms with Crippen LogP contribution in [-0.4, -0.2) is 69.1 Å². The van der Waals surface area contributed by atoms with Gasteiger partial charge in [0.1, 0.15) is 6.04 Å². The zero-order chi connectivity index (χ0) is 26.5. The Kier molecular flexibility index (Phi) is 6.96. The number of hydrogen-bond acceptors (Lipinski definition) is 6. The van der Waals surface area contributed by atoms with Crippen LogP contribution in [0.3, 0.4) is 0 Å². The highest BCUT2D eigenvalue weighted by molar-refractivity contribution is 8.02. The van der Waals surface area contributed by atoms with Gasteiger partial charge in [-0.15, -0.1) is 11.8 Å². The summed E-state index contributed by atoms with van der Waals surface area (Å²) < 4.78 is 3.86. The minimum atomic E-state index is -0.998. The minimum absolute atomic E-state index is 0.185. The van der Waals surface area contributed by atoms with Gasteiger partial charge in [0.25, 0.3) is 5.91 Å². The predicted octanol–water partition coefficient (Wildman–Crippen LogP) is 3.84. The second-order valence-electron chi connectivity index (χ2n) is 10.9. The molecule has 2 fully saturated rings. The van der Waals surface area contributed by atoms with Crippen LogP contribution >= 0.6 is 23.4 Å². The summed E-state index contributed by atoms with van der Waals surface area (Å²) in [5.74, 6) is -2.32. The molecule has 1 spiro atoms. The molecule has 2 amide bonds. The first-order valence-corrected chi connectivity index (χ1v) is 14.0. The van der Waals surface area contributed by atoms with Crippen LogP contribution < -0.4 is 4.90 Å². The second kappa shape index (κ2) is 9.79. The lowest BCUT2D eigenvalue weighted by Crippen LogP contribution is -2.57. The molecule has 1 aromatic rings. The number of fused-ring (bicyclic) bond motifs is 2. The quantitative estimate of drug-likeness (QED) is 0.448. The van der Waals surface area contributed by atoms with E-state index in [0.29, 0.717) is 23.6 Å². The number of ether oxygens (including phenoxy) is 1. The van der Waals surface area contributed by atoms with E-state index in [0.717, 1.165) is 0 Å². The third-order valence-electron chi connectivity index (χ3n) is 7.95. The van der Waals surface area contributed by atoms with E-state index < -0.39 is 39.4 Å². The number of nitrogens with zero attached hydrogens (tertiary/aromatic N) is 2. The van der Waals surface area contributed by atoms with E-state index in [-0.39, 0.29) is 37.5 Å². The van der Waals surface area contributed by atoms with Crippen LogP contribution in [0, 0.1) is 17.8 Å². The van der Waals surface area contributed by atoms with Crippen molar-refractivity contribution in [3.63, 3.8) is 0 Å². The summed E-state index contributed by atoms with van der Waals surface area (Å²) in [7, 11) is 0. The van der Waals surface area contributed by atoms with E-state index in [9.17, 15) is 19.5 Å². The molecule has 1 aromatic carbocycles. The summed E-state index contributed by atoms with van der Waals surface area (Å²) in [6.07, 6.45) is 9.01. The number of aliphatic hydroxyl groups excluding tert-OH is 1. The molecule has 4 aliphatic heterocycles. The SMILES string of the molecule is CC(C)C[C@H](CO)N1C(=O)[C@@H]2[C@@H]3C(=O)OCCC=C[C@]3(C)S[C@@]23C=CCN(c2ccccc2Cl)C(=O)C13. The summed E-state index contributed by atoms with van der Waals surface area (Å²) >= 11 is 8.01. The predicted molar refractivity (Wildman–Crippen MR) is 144 cm³/mol. The van der Waals surface area contributed by atoms with E-state index in [1.54, 1.807) is 28.0 Å². The molecule has 1 unspecified atom stereocenters. The molecule has 0 bridgehead atoms. The number of likely N-dealkylation sites (tertiary alicyclic amines) is 1. The summed E-state index contributed by atoms with van der Waals surface area (Å²) in [5.41, 5.74) is 0.565. The van der Waals surface area contributed by atoms with Crippen molar-refractivity contribution in [3.05, 3.63) is 53.6 Å². The summed E-state index contributed by atoms with van der Waals surface area (Å²) in [5, 5.41) is 10.9. The van der Waals surface area contributed by atoms with Crippen molar-refractivity contribution in [3.8, 4) is 0 Å². The first-order chi connectivity index (χ1) is 17.6. The molecule has 37 heavy (non-hydrogen) atoms. The number of carbonyl (C=O) groups is 3. The molecule has 6 atom stereocenters. The standard InChI is InChI=1S/C28H33ClN2O5S/c1-17(2)15-18(16-32)31-23-25(34)30(20-10-5-4-9-19(20)29)13-8-12-28(23)21(24(31)33)22-26(35)36-14-7-6-11-27(22,3)37-28/h4-6,8-12,17-18,21-23,32H,7,13-16H2,1-3H3/t18-,21+,22-,23?,27+,28+/m1/s1. The normalized spacial score (nSPS) is 34.0. The van der Waals surface area contributed by atoms with Crippen molar-refractivity contribution in [2.75, 3.05) is 24.7 Å². The summed E-state index contributed by atoms with van der Waals surface area (Å²) in [6.45, 7) is 6.27. The monoisotopic (exact) mass is 544 g/mol. The van der Waals surface area contributed by atoms with Crippen molar-refractivity contribution < 1.29 is 24.2 Å². The maximum absolute atomic E-state index is 14.5. The van der Waals surface area contributed by atoms with E-state index in [1.165, 1.54) is 11.8 Å². The van der Waals surface area contributed by atoms with Crippen molar-refractivity contribution in [1.29, 1.82) is 0 Å². The molecule has 5 rings (SSSR count). The number of hydrogen-bond donors (Lipinski definition) is 1. The van der Waals surface area contributed by atoms with Crippen LogP contribution in [0.1, 0.15) is 33.6 Å². The van der Waals surface area contributed by atoms with Crippen molar-refractivity contribution in [2.24, 2.45) is 17.8 Å². The number of amides is 2. The topological polar surface area (TPSA) is 87.2 Å². The first kappa shape index (κ1) is 26.3. The fourth-order valence-electron chi connectivity index (χ4n) is 6.53. The maximum atomic E-state index is 14.5.